The molecule has 6 heteroatoms. The van der Waals surface area contributed by atoms with Crippen LogP contribution in [0, 0.1) is 5.92 Å². The van der Waals surface area contributed by atoms with E-state index in [0.717, 1.165) is 23.6 Å². The third-order valence-electron chi connectivity index (χ3n) is 9.48. The Balaban J connectivity index is 1.61. The normalized spacial score (nSPS) is 19.9. The lowest BCUT2D eigenvalue weighted by Crippen LogP contribution is -2.55. The van der Waals surface area contributed by atoms with E-state index in [2.05, 4.69) is 42.3 Å². The summed E-state index contributed by atoms with van der Waals surface area (Å²) in [5.41, 5.74) is 5.21. The Morgan fingerprint density at radius 1 is 1.02 bits per heavy atom. The topological polar surface area (TPSA) is 69.6 Å². The van der Waals surface area contributed by atoms with E-state index < -0.39 is 12.0 Å². The number of thioether (sulfide) groups is 1. The maximum atomic E-state index is 13.5. The lowest BCUT2D eigenvalue weighted by atomic mass is 9.67. The standard InChI is InChI=1S/C36H52N2O3S/c1-26(2)11-8-9-12-27(3)32-23-29(15-18-31(32)34(39)37-33(35(40)41)19-22-42-4)25-38(30-16-17-30)36(20-10-21-36)24-28-13-6-5-7-14-28/h8-9,11-12,15,18,23,28,30,33H,5-7,10,13-14,16-17,19-22,24-25H2,1-4H3,(H,37,39)(H,40,41)/b9-8-,27-12+. The first-order chi connectivity index (χ1) is 20.2. The van der Waals surface area contributed by atoms with Crippen LogP contribution in [0.3, 0.4) is 0 Å². The molecule has 0 heterocycles. The zero-order chi connectivity index (χ0) is 30.1. The molecule has 1 aromatic rings. The molecule has 1 amide bonds. The summed E-state index contributed by atoms with van der Waals surface area (Å²) in [5, 5.41) is 12.5. The number of hydrogen-bond acceptors (Lipinski definition) is 4. The van der Waals surface area contributed by atoms with Gasteiger partial charge in [0, 0.05) is 23.7 Å². The second-order valence-electron chi connectivity index (χ2n) is 13.1. The zero-order valence-corrected chi connectivity index (χ0v) is 27.1. The Labute approximate surface area is 258 Å². The number of rotatable bonds is 15. The first-order valence-electron chi connectivity index (χ1n) is 16.1. The summed E-state index contributed by atoms with van der Waals surface area (Å²) in [4.78, 5) is 28.2. The van der Waals surface area contributed by atoms with Crippen LogP contribution in [0.2, 0.25) is 0 Å². The van der Waals surface area contributed by atoms with Gasteiger partial charge >= 0.3 is 5.97 Å². The Morgan fingerprint density at radius 3 is 2.33 bits per heavy atom. The van der Waals surface area contributed by atoms with E-state index in [-0.39, 0.29) is 5.91 Å². The van der Waals surface area contributed by atoms with Crippen molar-refractivity contribution in [3.05, 3.63) is 64.8 Å². The van der Waals surface area contributed by atoms with Crippen molar-refractivity contribution in [2.24, 2.45) is 5.92 Å². The van der Waals surface area contributed by atoms with Crippen molar-refractivity contribution in [3.63, 3.8) is 0 Å². The van der Waals surface area contributed by atoms with Gasteiger partial charge in [0.25, 0.3) is 5.91 Å². The number of benzene rings is 1. The van der Waals surface area contributed by atoms with Gasteiger partial charge < -0.3 is 10.4 Å². The van der Waals surface area contributed by atoms with Crippen LogP contribution in [-0.4, -0.2) is 51.5 Å². The number of nitrogens with zero attached hydrogens (tertiary/aromatic N) is 1. The molecule has 1 unspecified atom stereocenters. The van der Waals surface area contributed by atoms with Crippen molar-refractivity contribution in [3.8, 4) is 0 Å². The van der Waals surface area contributed by atoms with Crippen LogP contribution >= 0.6 is 11.8 Å². The summed E-state index contributed by atoms with van der Waals surface area (Å²) < 4.78 is 0. The quantitative estimate of drug-likeness (QED) is 0.200. The van der Waals surface area contributed by atoms with E-state index in [1.54, 1.807) is 11.8 Å². The van der Waals surface area contributed by atoms with E-state index in [0.29, 0.717) is 29.3 Å². The summed E-state index contributed by atoms with van der Waals surface area (Å²) in [6, 6.07) is 5.99. The minimum atomic E-state index is -0.990. The first-order valence-corrected chi connectivity index (χ1v) is 17.5. The van der Waals surface area contributed by atoms with Gasteiger partial charge in [-0.1, -0.05) is 68.0 Å². The molecule has 1 atom stereocenters. The highest BCUT2D eigenvalue weighted by Gasteiger charge is 2.48. The second-order valence-corrected chi connectivity index (χ2v) is 14.1. The Hall–Kier alpha value is -2.31. The Kier molecular flexibility index (Phi) is 12.0. The number of hydrogen-bond donors (Lipinski definition) is 2. The number of carbonyl (C=O) groups excluding carboxylic acids is 1. The minimum absolute atomic E-state index is 0.321. The van der Waals surface area contributed by atoms with E-state index in [1.807, 2.05) is 37.5 Å². The molecule has 4 rings (SSSR count). The lowest BCUT2D eigenvalue weighted by molar-refractivity contribution is -0.139. The zero-order valence-electron chi connectivity index (χ0n) is 26.3. The Morgan fingerprint density at radius 2 is 1.74 bits per heavy atom. The summed E-state index contributed by atoms with van der Waals surface area (Å²) in [7, 11) is 0. The number of aliphatic carboxylic acids is 1. The SMILES string of the molecule is CSCCC(NC(=O)c1ccc(CN(C2CC2)C2(CC3CCCCC3)CCC2)cc1/C(C)=C/C=C\C=C(C)C)C(=O)O. The molecule has 0 bridgehead atoms. The number of nitrogens with one attached hydrogen (secondary N) is 1. The molecule has 0 saturated heterocycles. The van der Waals surface area contributed by atoms with E-state index in [1.165, 1.54) is 81.8 Å². The predicted octanol–water partition coefficient (Wildman–Crippen LogP) is 8.41. The number of amides is 1. The van der Waals surface area contributed by atoms with Crippen LogP contribution in [0.4, 0.5) is 0 Å². The molecule has 2 N–H and O–H groups in total. The van der Waals surface area contributed by atoms with Crippen molar-refractivity contribution in [2.75, 3.05) is 12.0 Å². The average molecular weight is 593 g/mol. The second kappa shape index (κ2) is 15.4. The molecule has 230 valence electrons. The molecule has 3 fully saturated rings. The highest BCUT2D eigenvalue weighted by atomic mass is 32.2. The van der Waals surface area contributed by atoms with Crippen LogP contribution in [0.5, 0.6) is 0 Å². The molecule has 5 nitrogen and oxygen atoms in total. The van der Waals surface area contributed by atoms with E-state index >= 15 is 0 Å². The lowest BCUT2D eigenvalue weighted by Gasteiger charge is -2.53. The molecule has 0 radical (unpaired) electrons. The fourth-order valence-electron chi connectivity index (χ4n) is 6.87. The molecule has 0 aromatic heterocycles. The average Bonchev–Trinajstić information content (AvgIpc) is 3.79. The summed E-state index contributed by atoms with van der Waals surface area (Å²) in [6.07, 6.45) is 25.4. The number of carboxylic acids is 1. The van der Waals surface area contributed by atoms with Gasteiger partial charge in [-0.3, -0.25) is 9.69 Å². The minimum Gasteiger partial charge on any atom is -0.480 e. The molecular weight excluding hydrogens is 540 g/mol. The largest absolute Gasteiger partial charge is 0.480 e. The first kappa shape index (κ1) is 32.6. The van der Waals surface area contributed by atoms with Crippen LogP contribution in [-0.2, 0) is 11.3 Å². The van der Waals surface area contributed by atoms with Gasteiger partial charge in [-0.2, -0.15) is 11.8 Å². The van der Waals surface area contributed by atoms with Crippen LogP contribution in [0.25, 0.3) is 5.57 Å². The third kappa shape index (κ3) is 8.86. The highest BCUT2D eigenvalue weighted by Crippen LogP contribution is 2.50. The summed E-state index contributed by atoms with van der Waals surface area (Å²) in [5.74, 6) is 0.235. The van der Waals surface area contributed by atoms with Gasteiger partial charge in [-0.25, -0.2) is 4.79 Å². The van der Waals surface area contributed by atoms with Gasteiger partial charge in [0.15, 0.2) is 0 Å². The van der Waals surface area contributed by atoms with Crippen molar-refractivity contribution in [2.45, 2.75) is 122 Å². The molecule has 3 aliphatic rings. The Bertz CT molecular complexity index is 1170. The van der Waals surface area contributed by atoms with E-state index in [4.69, 9.17) is 0 Å². The smallest absolute Gasteiger partial charge is 0.326 e. The summed E-state index contributed by atoms with van der Waals surface area (Å²) in [6.45, 7) is 7.09. The number of allylic oxidation sites excluding steroid dienone is 6. The van der Waals surface area contributed by atoms with Gasteiger partial charge in [0.05, 0.1) is 0 Å². The van der Waals surface area contributed by atoms with Gasteiger partial charge in [0.1, 0.15) is 6.04 Å². The molecule has 0 aliphatic heterocycles. The predicted molar refractivity (Wildman–Crippen MR) is 177 cm³/mol. The van der Waals surface area contributed by atoms with Gasteiger partial charge in [0.2, 0.25) is 0 Å². The monoisotopic (exact) mass is 592 g/mol. The molecular formula is C36H52N2O3S. The molecule has 0 spiro atoms. The van der Waals surface area contributed by atoms with Crippen LogP contribution < -0.4 is 5.32 Å². The maximum Gasteiger partial charge on any atom is 0.326 e. The van der Waals surface area contributed by atoms with Crippen molar-refractivity contribution in [1.29, 1.82) is 0 Å². The molecule has 3 aliphatic carbocycles. The summed E-state index contributed by atoms with van der Waals surface area (Å²) >= 11 is 1.58. The number of carboxylic acid groups (broad SMARTS) is 1. The fraction of sp³-hybridized carbons (Fsp3) is 0.611. The van der Waals surface area contributed by atoms with Gasteiger partial charge in [-0.15, -0.1) is 0 Å². The molecule has 42 heavy (non-hydrogen) atoms. The van der Waals surface area contributed by atoms with Gasteiger partial charge in [-0.05, 0) is 112 Å². The third-order valence-corrected chi connectivity index (χ3v) is 10.1. The highest BCUT2D eigenvalue weighted by molar-refractivity contribution is 7.98. The van der Waals surface area contributed by atoms with Crippen LogP contribution in [0.15, 0.2) is 48.1 Å². The van der Waals surface area contributed by atoms with Crippen LogP contribution in [0.1, 0.15) is 119 Å². The molecule has 3 saturated carbocycles. The van der Waals surface area contributed by atoms with Crippen molar-refractivity contribution in [1.82, 2.24) is 10.2 Å². The fourth-order valence-corrected chi connectivity index (χ4v) is 7.34. The van der Waals surface area contributed by atoms with Crippen molar-refractivity contribution < 1.29 is 14.7 Å². The van der Waals surface area contributed by atoms with Crippen molar-refractivity contribution >= 4 is 29.2 Å². The van der Waals surface area contributed by atoms with E-state index in [9.17, 15) is 14.7 Å². The number of carbonyl (C=O) groups is 2. The molecule has 1 aromatic carbocycles. The maximum absolute atomic E-state index is 13.5.